The molecule has 5 heteroatoms. The molecule has 1 aliphatic carbocycles. The number of nitrogens with one attached hydrogen (secondary N) is 1. The Morgan fingerprint density at radius 1 is 1.23 bits per heavy atom. The van der Waals surface area contributed by atoms with Crippen molar-refractivity contribution in [2.45, 2.75) is 54.9 Å². The number of nitrogens with zero attached hydrogens (tertiary/aromatic N) is 3. The summed E-state index contributed by atoms with van der Waals surface area (Å²) < 4.78 is 2.66. The van der Waals surface area contributed by atoms with Crippen LogP contribution in [0.4, 0.5) is 0 Å². The number of aromatic amines is 1. The second-order valence-corrected chi connectivity index (χ2v) is 5.85. The quantitative estimate of drug-likeness (QED) is 0.711. The van der Waals surface area contributed by atoms with Gasteiger partial charge in [0.25, 0.3) is 0 Å². The van der Waals surface area contributed by atoms with E-state index in [1.54, 1.807) is 6.33 Å². The molecule has 22 heavy (non-hydrogen) atoms. The van der Waals surface area contributed by atoms with Gasteiger partial charge in [-0.3, -0.25) is 4.57 Å². The Hall–Kier alpha value is -1.49. The molecule has 0 fully saturated rings. The van der Waals surface area contributed by atoms with Crippen molar-refractivity contribution in [3.63, 3.8) is 0 Å². The minimum Gasteiger partial charge on any atom is -0.330 e. The third-order valence-electron chi connectivity index (χ3n) is 4.17. The van der Waals surface area contributed by atoms with Gasteiger partial charge in [0, 0.05) is 11.1 Å². The van der Waals surface area contributed by atoms with Crippen LogP contribution in [0.15, 0.2) is 18.7 Å². The summed E-state index contributed by atoms with van der Waals surface area (Å²) in [5.74, 6) is 0.634. The van der Waals surface area contributed by atoms with Crippen LogP contribution < -0.4 is 0 Å². The van der Waals surface area contributed by atoms with Crippen LogP contribution in [0.25, 0.3) is 16.9 Å². The molecule has 0 saturated heterocycles. The number of fused-ring (bicyclic) bond motifs is 1. The number of hydrogen-bond donors (Lipinski definition) is 1. The molecular weight excluding hydrogens is 292 g/mol. The van der Waals surface area contributed by atoms with Crippen molar-refractivity contribution in [1.82, 2.24) is 19.5 Å². The molecule has 0 saturated carbocycles. The minimum absolute atomic E-state index is 0.145. The van der Waals surface area contributed by atoms with Crippen LogP contribution in [0.1, 0.15) is 54.9 Å². The van der Waals surface area contributed by atoms with Crippen molar-refractivity contribution >= 4 is 29.1 Å². The number of hydrogen-bond acceptors (Lipinski definition) is 3. The molecule has 2 heterocycles. The molecule has 1 N–H and O–H groups in total. The first kappa shape index (κ1) is 18.6. The van der Waals surface area contributed by atoms with Crippen LogP contribution in [0.3, 0.4) is 0 Å². The lowest BCUT2D eigenvalue weighted by atomic mass is 9.81. The van der Waals surface area contributed by atoms with E-state index in [0.29, 0.717) is 10.6 Å². The summed E-state index contributed by atoms with van der Waals surface area (Å²) >= 11 is 5.20. The zero-order valence-corrected chi connectivity index (χ0v) is 15.6. The fourth-order valence-corrected chi connectivity index (χ4v) is 2.75. The second-order valence-electron chi connectivity index (χ2n) is 5.47. The lowest BCUT2D eigenvalue weighted by Crippen LogP contribution is -2.21. The number of allylic oxidation sites excluding steroid dienone is 2. The summed E-state index contributed by atoms with van der Waals surface area (Å²) in [6.07, 6.45) is 6.87. The van der Waals surface area contributed by atoms with Crippen LogP contribution in [0.5, 0.6) is 0 Å². The highest BCUT2D eigenvalue weighted by Crippen LogP contribution is 2.45. The van der Waals surface area contributed by atoms with Crippen LogP contribution in [-0.2, 0) is 0 Å². The maximum atomic E-state index is 5.20. The van der Waals surface area contributed by atoms with E-state index in [4.69, 9.17) is 12.2 Å². The lowest BCUT2D eigenvalue weighted by Gasteiger charge is -2.28. The predicted molar refractivity (Wildman–Crippen MR) is 97.2 cm³/mol. The Bertz CT molecular complexity index is 694. The Labute approximate surface area is 138 Å². The molecule has 0 aliphatic heterocycles. The van der Waals surface area contributed by atoms with Gasteiger partial charge in [0.2, 0.25) is 0 Å². The molecule has 1 unspecified atom stereocenters. The third kappa shape index (κ3) is 3.14. The zero-order chi connectivity index (χ0) is 16.9. The Morgan fingerprint density at radius 3 is 2.41 bits per heavy atom. The smallest absolute Gasteiger partial charge is 0.157 e. The van der Waals surface area contributed by atoms with E-state index in [1.165, 1.54) is 5.70 Å². The third-order valence-corrected chi connectivity index (χ3v) is 4.47. The number of rotatable bonds is 1. The highest BCUT2D eigenvalue weighted by Gasteiger charge is 2.35. The predicted octanol–water partition coefficient (Wildman–Crippen LogP) is 5.45. The first-order valence-corrected chi connectivity index (χ1v) is 8.54. The molecule has 4 nitrogen and oxygen atoms in total. The Morgan fingerprint density at radius 2 is 1.86 bits per heavy atom. The molecule has 0 radical (unpaired) electrons. The van der Waals surface area contributed by atoms with Crippen molar-refractivity contribution in [3.05, 3.63) is 23.4 Å². The number of aromatic nitrogens is 4. The summed E-state index contributed by atoms with van der Waals surface area (Å²) in [6.45, 7) is 14.8. The number of imidazole rings is 1. The fourth-order valence-electron chi connectivity index (χ4n) is 2.55. The average Bonchev–Trinajstić information content (AvgIpc) is 3.06. The van der Waals surface area contributed by atoms with Gasteiger partial charge in [-0.1, -0.05) is 66.8 Å². The van der Waals surface area contributed by atoms with Gasteiger partial charge in [-0.25, -0.2) is 9.97 Å². The van der Waals surface area contributed by atoms with E-state index in [9.17, 15) is 0 Å². The van der Waals surface area contributed by atoms with Crippen molar-refractivity contribution in [3.8, 4) is 0 Å². The van der Waals surface area contributed by atoms with Gasteiger partial charge in [0.15, 0.2) is 4.64 Å². The van der Waals surface area contributed by atoms with Gasteiger partial charge < -0.3 is 4.98 Å². The van der Waals surface area contributed by atoms with Gasteiger partial charge in [-0.05, 0) is 12.3 Å². The molecule has 2 aromatic heterocycles. The van der Waals surface area contributed by atoms with Crippen molar-refractivity contribution in [1.29, 1.82) is 0 Å². The summed E-state index contributed by atoms with van der Waals surface area (Å²) in [7, 11) is 0. The van der Waals surface area contributed by atoms with Gasteiger partial charge >= 0.3 is 0 Å². The average molecular weight is 321 g/mol. The molecule has 0 aromatic carbocycles. The molecular formula is C17H28N4S. The van der Waals surface area contributed by atoms with Gasteiger partial charge in [0.1, 0.15) is 17.5 Å². The first-order chi connectivity index (χ1) is 10.5. The van der Waals surface area contributed by atoms with E-state index in [-0.39, 0.29) is 5.41 Å². The van der Waals surface area contributed by atoms with Crippen molar-refractivity contribution in [2.75, 3.05) is 0 Å². The molecule has 1 atom stereocenters. The second kappa shape index (κ2) is 7.68. The summed E-state index contributed by atoms with van der Waals surface area (Å²) in [6, 6.07) is 0. The van der Waals surface area contributed by atoms with E-state index in [1.807, 2.05) is 34.0 Å². The number of H-pyrrole nitrogens is 1. The fraction of sp³-hybridized carbons (Fsp3) is 0.588. The maximum Gasteiger partial charge on any atom is 0.157 e. The van der Waals surface area contributed by atoms with Crippen molar-refractivity contribution < 1.29 is 0 Å². The van der Waals surface area contributed by atoms with Crippen LogP contribution in [-0.4, -0.2) is 19.5 Å². The Kier molecular flexibility index (Phi) is 6.48. The topological polar surface area (TPSA) is 46.5 Å². The van der Waals surface area contributed by atoms with Crippen molar-refractivity contribution in [2.24, 2.45) is 11.3 Å². The monoisotopic (exact) mass is 320 g/mol. The van der Waals surface area contributed by atoms with Gasteiger partial charge in [-0.2, -0.15) is 0 Å². The van der Waals surface area contributed by atoms with E-state index < -0.39 is 0 Å². The molecule has 0 bridgehead atoms. The minimum atomic E-state index is 0.145. The maximum absolute atomic E-state index is 5.20. The summed E-state index contributed by atoms with van der Waals surface area (Å²) in [5.41, 5.74) is 3.13. The molecule has 3 rings (SSSR count). The summed E-state index contributed by atoms with van der Waals surface area (Å²) in [5, 5.41) is 0. The molecule has 0 spiro atoms. The molecule has 122 valence electrons. The summed E-state index contributed by atoms with van der Waals surface area (Å²) in [4.78, 5) is 11.6. The molecule has 2 aromatic rings. The van der Waals surface area contributed by atoms with Crippen LogP contribution in [0, 0.1) is 16.0 Å². The van der Waals surface area contributed by atoms with Crippen LogP contribution in [0.2, 0.25) is 0 Å². The largest absolute Gasteiger partial charge is 0.330 e. The SMILES string of the molecule is CC.CC.CC1CC=C(n2cnc3c(=S)nc[nH]c32)C1(C)C. The van der Waals surface area contributed by atoms with Gasteiger partial charge in [-0.15, -0.1) is 0 Å². The first-order valence-electron chi connectivity index (χ1n) is 8.13. The van der Waals surface area contributed by atoms with E-state index >= 15 is 0 Å². The molecule has 0 amide bonds. The lowest BCUT2D eigenvalue weighted by molar-refractivity contribution is 0.338. The normalized spacial score (nSPS) is 18.9. The highest BCUT2D eigenvalue weighted by atomic mass is 32.1. The highest BCUT2D eigenvalue weighted by molar-refractivity contribution is 7.71. The molecule has 1 aliphatic rings. The van der Waals surface area contributed by atoms with Gasteiger partial charge in [0.05, 0.1) is 6.33 Å². The Balaban J connectivity index is 0.000000561. The van der Waals surface area contributed by atoms with E-state index in [2.05, 4.69) is 46.4 Å². The van der Waals surface area contributed by atoms with Crippen LogP contribution >= 0.6 is 12.2 Å². The van der Waals surface area contributed by atoms with E-state index in [0.717, 1.165) is 17.6 Å². The zero-order valence-electron chi connectivity index (χ0n) is 14.8. The standard InChI is InChI=1S/C13H16N4S.2C2H6/c1-8-4-5-9(13(8,2)3)17-7-16-10-11(17)14-6-15-12(10)18;2*1-2/h5-8H,4H2,1-3H3,(H,14,15,18);2*1-2H3.